The van der Waals surface area contributed by atoms with Gasteiger partial charge in [0.15, 0.2) is 0 Å². The molecule has 22 heavy (non-hydrogen) atoms. The van der Waals surface area contributed by atoms with Gasteiger partial charge in [0, 0.05) is 11.4 Å². The van der Waals surface area contributed by atoms with Gasteiger partial charge in [0.1, 0.15) is 17.0 Å². The summed E-state index contributed by atoms with van der Waals surface area (Å²) in [6.45, 7) is 4.72. The summed E-state index contributed by atoms with van der Waals surface area (Å²) < 4.78 is 3.50. The first-order chi connectivity index (χ1) is 10.7. The largest absolute Gasteiger partial charge is 0.288 e. The molecule has 3 aromatic rings. The lowest BCUT2D eigenvalue weighted by atomic mass is 10.2. The maximum absolute atomic E-state index is 13.0. The van der Waals surface area contributed by atoms with Crippen molar-refractivity contribution in [3.63, 3.8) is 0 Å². The number of hydrogen-bond donors (Lipinski definition) is 0. The fraction of sp³-hybridized carbons (Fsp3) is 0.467. The zero-order chi connectivity index (χ0) is 15.3. The predicted molar refractivity (Wildman–Crippen MR) is 85.4 cm³/mol. The van der Waals surface area contributed by atoms with E-state index in [9.17, 15) is 4.79 Å². The molecular weight excluding hydrogens is 298 g/mol. The summed E-state index contributed by atoms with van der Waals surface area (Å²) in [5, 5.41) is 5.01. The van der Waals surface area contributed by atoms with Gasteiger partial charge in [-0.3, -0.25) is 9.36 Å². The molecule has 0 radical (unpaired) electrons. The van der Waals surface area contributed by atoms with Crippen molar-refractivity contribution < 1.29 is 0 Å². The minimum Gasteiger partial charge on any atom is -0.288 e. The first kappa shape index (κ1) is 13.6. The van der Waals surface area contributed by atoms with Gasteiger partial charge in [-0.15, -0.1) is 11.3 Å². The van der Waals surface area contributed by atoms with Gasteiger partial charge in [0.05, 0.1) is 17.8 Å². The molecule has 0 unspecified atom stereocenters. The minimum absolute atomic E-state index is 0.0440. The summed E-state index contributed by atoms with van der Waals surface area (Å²) in [7, 11) is 0. The van der Waals surface area contributed by atoms with Crippen LogP contribution >= 0.6 is 11.3 Å². The molecule has 4 rings (SSSR count). The van der Waals surface area contributed by atoms with Crippen LogP contribution in [0.5, 0.6) is 0 Å². The Morgan fingerprint density at radius 3 is 3.05 bits per heavy atom. The maximum atomic E-state index is 13.0. The van der Waals surface area contributed by atoms with E-state index < -0.39 is 0 Å². The van der Waals surface area contributed by atoms with E-state index in [1.807, 2.05) is 18.5 Å². The van der Waals surface area contributed by atoms with Gasteiger partial charge in [-0.25, -0.2) is 14.6 Å². The Morgan fingerprint density at radius 2 is 2.23 bits per heavy atom. The number of hydrogen-bond acceptors (Lipinski definition) is 5. The molecule has 0 spiro atoms. The highest BCUT2D eigenvalue weighted by atomic mass is 32.1. The highest BCUT2D eigenvalue weighted by molar-refractivity contribution is 7.18. The summed E-state index contributed by atoms with van der Waals surface area (Å²) >= 11 is 1.67. The normalized spacial score (nSPS) is 15.4. The van der Waals surface area contributed by atoms with Gasteiger partial charge in [0.2, 0.25) is 0 Å². The van der Waals surface area contributed by atoms with Gasteiger partial charge in [-0.05, 0) is 38.7 Å². The van der Waals surface area contributed by atoms with Crippen LogP contribution < -0.4 is 5.56 Å². The number of aryl methyl sites for hydroxylation is 3. The van der Waals surface area contributed by atoms with Gasteiger partial charge in [-0.1, -0.05) is 0 Å². The van der Waals surface area contributed by atoms with Crippen molar-refractivity contribution in [3.05, 3.63) is 39.3 Å². The molecule has 7 heteroatoms. The molecule has 0 saturated carbocycles. The molecule has 6 nitrogen and oxygen atoms in total. The van der Waals surface area contributed by atoms with Gasteiger partial charge in [-0.2, -0.15) is 5.10 Å². The number of fused-ring (bicyclic) bond motifs is 3. The average Bonchev–Trinajstić information content (AvgIpc) is 3.21. The van der Waals surface area contributed by atoms with Crippen LogP contribution in [-0.2, 0) is 19.4 Å². The van der Waals surface area contributed by atoms with Crippen molar-refractivity contribution in [2.75, 3.05) is 0 Å². The second kappa shape index (κ2) is 5.01. The van der Waals surface area contributed by atoms with Crippen LogP contribution in [0.4, 0.5) is 0 Å². The Morgan fingerprint density at radius 1 is 1.36 bits per heavy atom. The second-order valence-corrected chi connectivity index (χ2v) is 6.69. The molecule has 0 N–H and O–H groups in total. The van der Waals surface area contributed by atoms with Crippen molar-refractivity contribution in [2.45, 2.75) is 45.7 Å². The predicted octanol–water partition coefficient (Wildman–Crippen LogP) is 2.17. The van der Waals surface area contributed by atoms with Crippen molar-refractivity contribution >= 4 is 21.6 Å². The number of thiophene rings is 1. The van der Waals surface area contributed by atoms with Crippen LogP contribution in [0.25, 0.3) is 10.2 Å². The third kappa shape index (κ3) is 1.85. The molecule has 0 amide bonds. The second-order valence-electron chi connectivity index (χ2n) is 5.60. The molecular formula is C15H17N5OS. The average molecular weight is 315 g/mol. The minimum atomic E-state index is -0.177. The summed E-state index contributed by atoms with van der Waals surface area (Å²) in [6, 6.07) is -0.177. The third-order valence-electron chi connectivity index (χ3n) is 4.39. The van der Waals surface area contributed by atoms with Crippen LogP contribution in [0.1, 0.15) is 42.6 Å². The molecule has 0 aromatic carbocycles. The number of nitrogens with zero attached hydrogens (tertiary/aromatic N) is 5. The fourth-order valence-electron chi connectivity index (χ4n) is 3.24. The van der Waals surface area contributed by atoms with E-state index >= 15 is 0 Å². The highest BCUT2D eigenvalue weighted by Crippen LogP contribution is 2.34. The summed E-state index contributed by atoms with van der Waals surface area (Å²) in [6.07, 6.45) is 6.40. The van der Waals surface area contributed by atoms with E-state index in [1.165, 1.54) is 16.8 Å². The van der Waals surface area contributed by atoms with Crippen LogP contribution in [0.2, 0.25) is 0 Å². The zero-order valence-electron chi connectivity index (χ0n) is 12.6. The topological polar surface area (TPSA) is 65.6 Å². The van der Waals surface area contributed by atoms with E-state index in [-0.39, 0.29) is 11.6 Å². The van der Waals surface area contributed by atoms with Gasteiger partial charge in [0.25, 0.3) is 5.56 Å². The Bertz CT molecular complexity index is 906. The molecule has 114 valence electrons. The van der Waals surface area contributed by atoms with E-state index in [0.29, 0.717) is 0 Å². The summed E-state index contributed by atoms with van der Waals surface area (Å²) in [5.41, 5.74) is 1.26. The Balaban J connectivity index is 1.89. The lowest BCUT2D eigenvalue weighted by molar-refractivity contribution is 0.514. The molecule has 0 fully saturated rings. The lowest BCUT2D eigenvalue weighted by Gasteiger charge is -2.14. The zero-order valence-corrected chi connectivity index (χ0v) is 13.4. The van der Waals surface area contributed by atoms with Crippen LogP contribution in [-0.4, -0.2) is 24.3 Å². The molecule has 0 bridgehead atoms. The third-order valence-corrected chi connectivity index (χ3v) is 5.59. The molecule has 0 saturated heterocycles. The highest BCUT2D eigenvalue weighted by Gasteiger charge is 2.23. The number of aromatic nitrogens is 5. The lowest BCUT2D eigenvalue weighted by Crippen LogP contribution is -2.26. The van der Waals surface area contributed by atoms with Crippen molar-refractivity contribution in [1.29, 1.82) is 0 Å². The maximum Gasteiger partial charge on any atom is 0.263 e. The molecule has 1 aliphatic rings. The van der Waals surface area contributed by atoms with Crippen molar-refractivity contribution in [1.82, 2.24) is 24.3 Å². The molecule has 0 aliphatic heterocycles. The fourth-order valence-corrected chi connectivity index (χ4v) is 4.46. The molecule has 3 aromatic heterocycles. The van der Waals surface area contributed by atoms with E-state index in [4.69, 9.17) is 0 Å². The van der Waals surface area contributed by atoms with Crippen LogP contribution in [0, 0.1) is 0 Å². The summed E-state index contributed by atoms with van der Waals surface area (Å²) in [5.74, 6) is 0.789. The molecule has 1 atom stereocenters. The Hall–Kier alpha value is -2.02. The van der Waals surface area contributed by atoms with E-state index in [2.05, 4.69) is 15.1 Å². The van der Waals surface area contributed by atoms with Crippen molar-refractivity contribution in [3.8, 4) is 0 Å². The van der Waals surface area contributed by atoms with Gasteiger partial charge < -0.3 is 0 Å². The molecule has 1 aliphatic carbocycles. The summed E-state index contributed by atoms with van der Waals surface area (Å²) in [4.78, 5) is 24.0. The molecule has 3 heterocycles. The van der Waals surface area contributed by atoms with Crippen LogP contribution in [0.15, 0.2) is 17.4 Å². The monoisotopic (exact) mass is 315 g/mol. The van der Waals surface area contributed by atoms with Gasteiger partial charge >= 0.3 is 0 Å². The first-order valence-corrected chi connectivity index (χ1v) is 8.41. The van der Waals surface area contributed by atoms with Crippen LogP contribution in [0.3, 0.4) is 0 Å². The SMILES string of the molecule is CCn1ncnc1[C@@H](C)n1cnc2sc3c(c2c1=O)CCC3. The standard InChI is InChI=1S/C15H17N5OS/c1-3-20-13(16-7-18-20)9(2)19-8-17-14-12(15(19)21)10-5-4-6-11(10)22-14/h7-9H,3-6H2,1-2H3/t9-/m1/s1. The van der Waals surface area contributed by atoms with Crippen molar-refractivity contribution in [2.24, 2.45) is 0 Å². The number of rotatable bonds is 3. The smallest absolute Gasteiger partial charge is 0.263 e. The van der Waals surface area contributed by atoms with E-state index in [1.54, 1.807) is 22.2 Å². The Kier molecular flexibility index (Phi) is 3.11. The van der Waals surface area contributed by atoms with E-state index in [0.717, 1.165) is 41.8 Å². The Labute approximate surface area is 131 Å². The quantitative estimate of drug-likeness (QED) is 0.743. The first-order valence-electron chi connectivity index (χ1n) is 7.59.